The van der Waals surface area contributed by atoms with Gasteiger partial charge in [0, 0.05) is 18.9 Å². The molecule has 1 aromatic rings. The lowest BCUT2D eigenvalue weighted by molar-refractivity contribution is 0.511. The summed E-state index contributed by atoms with van der Waals surface area (Å²) in [5, 5.41) is 0. The molecule has 1 nitrogen and oxygen atoms in total. The maximum absolute atomic E-state index is 2.31. The highest BCUT2D eigenvalue weighted by Gasteiger charge is 1.97. The van der Waals surface area contributed by atoms with Gasteiger partial charge in [-0.3, -0.25) is 0 Å². The number of rotatable bonds is 29. The smallest absolute Gasteiger partial charge is 0.0219 e. The van der Waals surface area contributed by atoms with E-state index >= 15 is 0 Å². The lowest BCUT2D eigenvalue weighted by Crippen LogP contribution is -1.93. The van der Waals surface area contributed by atoms with Crippen LogP contribution in [0, 0.1) is 0 Å². The van der Waals surface area contributed by atoms with Gasteiger partial charge in [-0.15, -0.1) is 0 Å². The van der Waals surface area contributed by atoms with Crippen molar-refractivity contribution < 1.29 is 0 Å². The van der Waals surface area contributed by atoms with Gasteiger partial charge in [0.15, 0.2) is 0 Å². The SMILES string of the molecule is CCCCCCCCCCCCCCCCCCCCCCCCCCCCCCn1cccc1. The second kappa shape index (κ2) is 27.9. The molecule has 0 amide bonds. The highest BCUT2D eigenvalue weighted by molar-refractivity contribution is 4.89. The summed E-state index contributed by atoms with van der Waals surface area (Å²) in [4.78, 5) is 0. The molecule has 0 N–H and O–H groups in total. The van der Waals surface area contributed by atoms with Crippen molar-refractivity contribution in [3.8, 4) is 0 Å². The van der Waals surface area contributed by atoms with Crippen molar-refractivity contribution >= 4 is 0 Å². The summed E-state index contributed by atoms with van der Waals surface area (Å²) in [5.74, 6) is 0. The van der Waals surface area contributed by atoms with E-state index in [0.29, 0.717) is 0 Å². The highest BCUT2D eigenvalue weighted by Crippen LogP contribution is 2.16. The van der Waals surface area contributed by atoms with E-state index in [0.717, 1.165) is 0 Å². The van der Waals surface area contributed by atoms with Crippen molar-refractivity contribution in [3.63, 3.8) is 0 Å². The summed E-state index contributed by atoms with van der Waals surface area (Å²) in [7, 11) is 0. The first-order chi connectivity index (χ1) is 17.4. The number of aromatic nitrogens is 1. The van der Waals surface area contributed by atoms with Crippen molar-refractivity contribution in [2.24, 2.45) is 0 Å². The van der Waals surface area contributed by atoms with Crippen LogP contribution in [0.3, 0.4) is 0 Å². The Morgan fingerprint density at radius 1 is 0.314 bits per heavy atom. The van der Waals surface area contributed by atoms with Crippen LogP contribution in [0.4, 0.5) is 0 Å². The Morgan fingerprint density at radius 2 is 0.543 bits per heavy atom. The van der Waals surface area contributed by atoms with Crippen LogP contribution in [0.1, 0.15) is 187 Å². The van der Waals surface area contributed by atoms with Gasteiger partial charge in [0.1, 0.15) is 0 Å². The first-order valence-electron chi connectivity index (χ1n) is 16.5. The first kappa shape index (κ1) is 32.3. The van der Waals surface area contributed by atoms with Crippen molar-refractivity contribution in [1.29, 1.82) is 0 Å². The van der Waals surface area contributed by atoms with Gasteiger partial charge in [-0.2, -0.15) is 0 Å². The molecule has 0 unspecified atom stereocenters. The zero-order valence-corrected chi connectivity index (χ0v) is 24.3. The fourth-order valence-electron chi connectivity index (χ4n) is 5.48. The fraction of sp³-hybridized carbons (Fsp3) is 0.882. The molecule has 0 atom stereocenters. The molecule has 0 saturated carbocycles. The van der Waals surface area contributed by atoms with E-state index in [9.17, 15) is 0 Å². The van der Waals surface area contributed by atoms with Gasteiger partial charge in [-0.25, -0.2) is 0 Å². The third kappa shape index (κ3) is 24.7. The van der Waals surface area contributed by atoms with Crippen molar-refractivity contribution in [2.45, 2.75) is 193 Å². The van der Waals surface area contributed by atoms with Crippen molar-refractivity contribution in [3.05, 3.63) is 24.5 Å². The van der Waals surface area contributed by atoms with Gasteiger partial charge in [0.2, 0.25) is 0 Å². The molecule has 0 aliphatic rings. The molecular weight excluding hydrogens is 422 g/mol. The van der Waals surface area contributed by atoms with E-state index < -0.39 is 0 Å². The number of nitrogens with zero attached hydrogens (tertiary/aromatic N) is 1. The van der Waals surface area contributed by atoms with E-state index in [-0.39, 0.29) is 0 Å². The van der Waals surface area contributed by atoms with E-state index in [4.69, 9.17) is 0 Å². The molecule has 0 aliphatic heterocycles. The first-order valence-corrected chi connectivity index (χ1v) is 16.5. The third-order valence-corrected chi connectivity index (χ3v) is 7.94. The van der Waals surface area contributed by atoms with E-state index in [1.54, 1.807) is 0 Å². The topological polar surface area (TPSA) is 4.93 Å². The Kier molecular flexibility index (Phi) is 25.7. The molecule has 206 valence electrons. The minimum atomic E-state index is 1.20. The molecule has 1 heterocycles. The van der Waals surface area contributed by atoms with Crippen molar-refractivity contribution in [1.82, 2.24) is 4.57 Å². The van der Waals surface area contributed by atoms with E-state index in [2.05, 4.69) is 36.0 Å². The highest BCUT2D eigenvalue weighted by atomic mass is 14.9. The number of aryl methyl sites for hydroxylation is 1. The second-order valence-corrected chi connectivity index (χ2v) is 11.5. The molecule has 0 saturated heterocycles. The van der Waals surface area contributed by atoms with E-state index in [1.165, 1.54) is 186 Å². The molecule has 1 aromatic heterocycles. The van der Waals surface area contributed by atoms with Gasteiger partial charge in [0.05, 0.1) is 0 Å². The monoisotopic (exact) mass is 488 g/mol. The number of hydrogen-bond acceptors (Lipinski definition) is 0. The van der Waals surface area contributed by atoms with E-state index in [1.807, 2.05) is 0 Å². The molecule has 0 aliphatic carbocycles. The molecule has 0 bridgehead atoms. The lowest BCUT2D eigenvalue weighted by Gasteiger charge is -2.05. The second-order valence-electron chi connectivity index (χ2n) is 11.5. The van der Waals surface area contributed by atoms with Crippen LogP contribution >= 0.6 is 0 Å². The minimum absolute atomic E-state index is 1.20. The maximum Gasteiger partial charge on any atom is 0.0219 e. The van der Waals surface area contributed by atoms with Crippen LogP contribution in [0.15, 0.2) is 24.5 Å². The standard InChI is InChI=1S/C34H65N/c1-2-3-4-5-6-7-8-9-10-11-12-13-14-15-16-17-18-19-20-21-22-23-24-25-26-27-28-29-32-35-33-30-31-34-35/h30-31,33-34H,2-29,32H2,1H3. The Hall–Kier alpha value is -0.720. The summed E-state index contributed by atoms with van der Waals surface area (Å²) in [6.45, 7) is 3.51. The predicted octanol–water partition coefficient (Wildman–Crippen LogP) is 12.4. The molecule has 35 heavy (non-hydrogen) atoms. The van der Waals surface area contributed by atoms with Gasteiger partial charge >= 0.3 is 0 Å². The normalized spacial score (nSPS) is 11.5. The van der Waals surface area contributed by atoms with Crippen LogP contribution in [-0.2, 0) is 6.54 Å². The predicted molar refractivity (Wildman–Crippen MR) is 159 cm³/mol. The van der Waals surface area contributed by atoms with Gasteiger partial charge < -0.3 is 4.57 Å². The molecule has 0 fully saturated rings. The van der Waals surface area contributed by atoms with Crippen molar-refractivity contribution in [2.75, 3.05) is 0 Å². The summed E-state index contributed by atoms with van der Waals surface area (Å²) < 4.78 is 2.31. The Bertz CT molecular complexity index is 477. The largest absolute Gasteiger partial charge is 0.354 e. The lowest BCUT2D eigenvalue weighted by atomic mass is 10.0. The third-order valence-electron chi connectivity index (χ3n) is 7.94. The van der Waals surface area contributed by atoms with Crippen LogP contribution in [0.2, 0.25) is 0 Å². The summed E-state index contributed by atoms with van der Waals surface area (Å²) in [5.41, 5.74) is 0. The summed E-state index contributed by atoms with van der Waals surface area (Å²) in [6.07, 6.45) is 45.4. The van der Waals surface area contributed by atoms with Crippen LogP contribution < -0.4 is 0 Å². The molecule has 0 aromatic carbocycles. The Morgan fingerprint density at radius 3 is 0.800 bits per heavy atom. The molecular formula is C34H65N. The fourth-order valence-corrected chi connectivity index (χ4v) is 5.48. The Labute approximate surface area is 222 Å². The Balaban J connectivity index is 1.61. The molecule has 1 rings (SSSR count). The maximum atomic E-state index is 2.31. The number of unbranched alkanes of at least 4 members (excludes halogenated alkanes) is 27. The molecule has 1 heteroatoms. The molecule has 0 radical (unpaired) electrons. The summed E-state index contributed by atoms with van der Waals surface area (Å²) >= 11 is 0. The van der Waals surface area contributed by atoms with Gasteiger partial charge in [-0.05, 0) is 18.6 Å². The van der Waals surface area contributed by atoms with Crippen LogP contribution in [0.5, 0.6) is 0 Å². The summed E-state index contributed by atoms with van der Waals surface area (Å²) in [6, 6.07) is 4.25. The zero-order valence-electron chi connectivity index (χ0n) is 24.3. The average molecular weight is 488 g/mol. The van der Waals surface area contributed by atoms with Crippen LogP contribution in [-0.4, -0.2) is 4.57 Å². The van der Waals surface area contributed by atoms with Gasteiger partial charge in [0.25, 0.3) is 0 Å². The zero-order chi connectivity index (χ0) is 24.9. The average Bonchev–Trinajstić information content (AvgIpc) is 3.39. The van der Waals surface area contributed by atoms with Gasteiger partial charge in [-0.1, -0.05) is 180 Å². The number of hydrogen-bond donors (Lipinski definition) is 0. The minimum Gasteiger partial charge on any atom is -0.354 e. The quantitative estimate of drug-likeness (QED) is 0.0990. The van der Waals surface area contributed by atoms with Crippen LogP contribution in [0.25, 0.3) is 0 Å². The molecule has 0 spiro atoms.